The Morgan fingerprint density at radius 1 is 0.939 bits per heavy atom. The van der Waals surface area contributed by atoms with E-state index in [1.165, 1.54) is 0 Å². The van der Waals surface area contributed by atoms with E-state index in [0.717, 1.165) is 72.1 Å². The van der Waals surface area contributed by atoms with Gasteiger partial charge in [0.1, 0.15) is 12.4 Å². The van der Waals surface area contributed by atoms with Crippen LogP contribution in [-0.4, -0.2) is 64.5 Å². The van der Waals surface area contributed by atoms with Crippen LogP contribution in [0.2, 0.25) is 0 Å². The van der Waals surface area contributed by atoms with Crippen molar-refractivity contribution in [3.05, 3.63) is 77.4 Å². The van der Waals surface area contributed by atoms with Crippen LogP contribution in [0, 0.1) is 0 Å². The van der Waals surface area contributed by atoms with Crippen LogP contribution >= 0.6 is 0 Å². The highest BCUT2D eigenvalue weighted by atomic mass is 16.5. The van der Waals surface area contributed by atoms with Crippen molar-refractivity contribution < 1.29 is 9.47 Å². The summed E-state index contributed by atoms with van der Waals surface area (Å²) >= 11 is 0. The van der Waals surface area contributed by atoms with Crippen LogP contribution in [0.5, 0.6) is 5.75 Å². The molecule has 2 aromatic carbocycles. The minimum absolute atomic E-state index is 0.690. The Labute approximate surface area is 192 Å². The molecule has 0 radical (unpaired) electrons. The van der Waals surface area contributed by atoms with E-state index in [9.17, 15) is 0 Å². The van der Waals surface area contributed by atoms with Crippen molar-refractivity contribution in [3.8, 4) is 5.75 Å². The number of imidazole rings is 1. The van der Waals surface area contributed by atoms with Gasteiger partial charge in [0.05, 0.1) is 42.0 Å². The van der Waals surface area contributed by atoms with E-state index in [1.54, 1.807) is 6.33 Å². The SMILES string of the molecule is C(=Cc1cc(C=Cc2ccc3nc[nH]c3c2)n[nH]1)c1ccc(OCCN2CCOCC2)cc1. The number of hydrogen-bond donors (Lipinski definition) is 2. The molecule has 1 saturated heterocycles. The summed E-state index contributed by atoms with van der Waals surface area (Å²) < 4.78 is 11.2. The number of fused-ring (bicyclic) bond motifs is 1. The largest absolute Gasteiger partial charge is 0.492 e. The molecule has 7 heteroatoms. The van der Waals surface area contributed by atoms with Crippen LogP contribution in [0.4, 0.5) is 0 Å². The molecule has 33 heavy (non-hydrogen) atoms. The van der Waals surface area contributed by atoms with Crippen LogP contribution in [-0.2, 0) is 4.74 Å². The number of H-pyrrole nitrogens is 2. The predicted molar refractivity (Wildman–Crippen MR) is 132 cm³/mol. The Kier molecular flexibility index (Phi) is 6.61. The van der Waals surface area contributed by atoms with E-state index in [4.69, 9.17) is 9.47 Å². The number of rotatable bonds is 8. The lowest BCUT2D eigenvalue weighted by molar-refractivity contribution is 0.0322. The molecule has 0 saturated carbocycles. The lowest BCUT2D eigenvalue weighted by Crippen LogP contribution is -2.38. The van der Waals surface area contributed by atoms with E-state index in [0.29, 0.717) is 6.61 Å². The molecule has 0 bridgehead atoms. The van der Waals surface area contributed by atoms with E-state index in [1.807, 2.05) is 48.6 Å². The lowest BCUT2D eigenvalue weighted by Gasteiger charge is -2.26. The Morgan fingerprint density at radius 3 is 2.64 bits per heavy atom. The third-order valence-corrected chi connectivity index (χ3v) is 5.62. The standard InChI is InChI=1S/C26H27N5O2/c1(20-3-8-24(9-4-20)33-16-13-31-11-14-32-15-12-31)6-22-18-23(30-29-22)7-2-21-5-10-25-26(17-21)28-19-27-25/h1-10,17-19H,11-16H2,(H,27,28)(H,29,30). The maximum atomic E-state index is 5.88. The number of benzene rings is 2. The summed E-state index contributed by atoms with van der Waals surface area (Å²) in [6.45, 7) is 5.22. The van der Waals surface area contributed by atoms with Gasteiger partial charge in [-0.3, -0.25) is 10.00 Å². The Hall–Kier alpha value is -3.68. The maximum absolute atomic E-state index is 5.88. The molecule has 3 heterocycles. The van der Waals surface area contributed by atoms with Crippen molar-refractivity contribution in [1.29, 1.82) is 0 Å². The number of ether oxygens (including phenoxy) is 2. The number of aromatic amines is 2. The lowest BCUT2D eigenvalue weighted by atomic mass is 10.1. The highest BCUT2D eigenvalue weighted by Crippen LogP contribution is 2.16. The molecule has 2 N–H and O–H groups in total. The van der Waals surface area contributed by atoms with Crippen LogP contribution in [0.25, 0.3) is 35.3 Å². The molecule has 0 spiro atoms. The van der Waals surface area contributed by atoms with Gasteiger partial charge in [-0.05, 0) is 53.6 Å². The zero-order valence-corrected chi connectivity index (χ0v) is 18.4. The first-order chi connectivity index (χ1) is 16.3. The second-order valence-electron chi connectivity index (χ2n) is 7.97. The molecule has 0 amide bonds. The van der Waals surface area contributed by atoms with Gasteiger partial charge in [0, 0.05) is 19.6 Å². The fourth-order valence-corrected chi connectivity index (χ4v) is 3.74. The number of nitrogens with one attached hydrogen (secondary N) is 2. The molecular weight excluding hydrogens is 414 g/mol. The summed E-state index contributed by atoms with van der Waals surface area (Å²) in [4.78, 5) is 9.74. The van der Waals surface area contributed by atoms with Gasteiger partial charge in [-0.2, -0.15) is 5.10 Å². The van der Waals surface area contributed by atoms with Crippen molar-refractivity contribution in [2.45, 2.75) is 0 Å². The van der Waals surface area contributed by atoms with Crippen LogP contribution in [0.1, 0.15) is 22.5 Å². The summed E-state index contributed by atoms with van der Waals surface area (Å²) in [6, 6.07) is 16.3. The molecule has 7 nitrogen and oxygen atoms in total. The third-order valence-electron chi connectivity index (χ3n) is 5.62. The minimum atomic E-state index is 0.690. The Morgan fingerprint density at radius 2 is 1.76 bits per heavy atom. The number of nitrogens with zero attached hydrogens (tertiary/aromatic N) is 3. The molecule has 5 rings (SSSR count). The summed E-state index contributed by atoms with van der Waals surface area (Å²) in [6.07, 6.45) is 9.83. The molecule has 0 aliphatic carbocycles. The number of aromatic nitrogens is 4. The number of morpholine rings is 1. The Bertz CT molecular complexity index is 1230. The molecule has 2 aromatic heterocycles. The van der Waals surface area contributed by atoms with Gasteiger partial charge in [0.25, 0.3) is 0 Å². The Balaban J connectivity index is 1.13. The third kappa shape index (κ3) is 5.77. The van der Waals surface area contributed by atoms with Gasteiger partial charge < -0.3 is 14.5 Å². The summed E-state index contributed by atoms with van der Waals surface area (Å²) in [7, 11) is 0. The average Bonchev–Trinajstić information content (AvgIpc) is 3.52. The first-order valence-corrected chi connectivity index (χ1v) is 11.2. The zero-order chi connectivity index (χ0) is 22.3. The zero-order valence-electron chi connectivity index (χ0n) is 18.4. The molecule has 4 aromatic rings. The first kappa shape index (κ1) is 21.2. The van der Waals surface area contributed by atoms with Crippen molar-refractivity contribution in [1.82, 2.24) is 25.1 Å². The molecule has 168 valence electrons. The molecule has 1 fully saturated rings. The van der Waals surface area contributed by atoms with Crippen LogP contribution in [0.15, 0.2) is 54.9 Å². The second-order valence-corrected chi connectivity index (χ2v) is 7.97. The van der Waals surface area contributed by atoms with E-state index < -0.39 is 0 Å². The summed E-state index contributed by atoms with van der Waals surface area (Å²) in [5.74, 6) is 0.891. The monoisotopic (exact) mass is 441 g/mol. The smallest absolute Gasteiger partial charge is 0.119 e. The molecule has 0 unspecified atom stereocenters. The van der Waals surface area contributed by atoms with Gasteiger partial charge in [0.2, 0.25) is 0 Å². The van der Waals surface area contributed by atoms with Gasteiger partial charge in [0.15, 0.2) is 0 Å². The van der Waals surface area contributed by atoms with Gasteiger partial charge in [-0.1, -0.05) is 30.4 Å². The summed E-state index contributed by atoms with van der Waals surface area (Å²) in [5.41, 5.74) is 6.02. The molecular formula is C26H27N5O2. The van der Waals surface area contributed by atoms with Crippen LogP contribution < -0.4 is 4.74 Å². The normalized spacial score (nSPS) is 15.2. The van der Waals surface area contributed by atoms with Crippen LogP contribution in [0.3, 0.4) is 0 Å². The van der Waals surface area contributed by atoms with Crippen molar-refractivity contribution in [3.63, 3.8) is 0 Å². The average molecular weight is 442 g/mol. The fourth-order valence-electron chi connectivity index (χ4n) is 3.74. The first-order valence-electron chi connectivity index (χ1n) is 11.2. The van der Waals surface area contributed by atoms with Crippen molar-refractivity contribution >= 4 is 35.3 Å². The highest BCUT2D eigenvalue weighted by molar-refractivity contribution is 5.80. The van der Waals surface area contributed by atoms with Crippen molar-refractivity contribution in [2.75, 3.05) is 39.5 Å². The van der Waals surface area contributed by atoms with E-state index in [-0.39, 0.29) is 0 Å². The van der Waals surface area contributed by atoms with Gasteiger partial charge in [-0.25, -0.2) is 4.98 Å². The number of hydrogen-bond acceptors (Lipinski definition) is 5. The van der Waals surface area contributed by atoms with Gasteiger partial charge >= 0.3 is 0 Å². The maximum Gasteiger partial charge on any atom is 0.119 e. The molecule has 0 atom stereocenters. The topological polar surface area (TPSA) is 79.1 Å². The molecule has 1 aliphatic heterocycles. The second kappa shape index (κ2) is 10.3. The predicted octanol–water partition coefficient (Wildman–Crippen LogP) is 4.34. The van der Waals surface area contributed by atoms with E-state index in [2.05, 4.69) is 49.3 Å². The van der Waals surface area contributed by atoms with Crippen molar-refractivity contribution in [2.24, 2.45) is 0 Å². The fraction of sp³-hybridized carbons (Fsp3) is 0.231. The quantitative estimate of drug-likeness (QED) is 0.425. The molecule has 1 aliphatic rings. The van der Waals surface area contributed by atoms with Gasteiger partial charge in [-0.15, -0.1) is 0 Å². The minimum Gasteiger partial charge on any atom is -0.492 e. The van der Waals surface area contributed by atoms with E-state index >= 15 is 0 Å². The highest BCUT2D eigenvalue weighted by Gasteiger charge is 2.09. The summed E-state index contributed by atoms with van der Waals surface area (Å²) in [5, 5.41) is 7.43.